The van der Waals surface area contributed by atoms with Crippen molar-refractivity contribution >= 4 is 6.29 Å². The zero-order chi connectivity index (χ0) is 8.39. The molecular formula is C10H10O2. The van der Waals surface area contributed by atoms with Gasteiger partial charge in [0.05, 0.1) is 0 Å². The smallest absolute Gasteiger partial charge is 0.160 e. The van der Waals surface area contributed by atoms with E-state index < -0.39 is 0 Å². The van der Waals surface area contributed by atoms with Crippen molar-refractivity contribution in [2.24, 2.45) is 0 Å². The van der Waals surface area contributed by atoms with Crippen LogP contribution >= 0.6 is 0 Å². The molecule has 1 aliphatic rings. The molecule has 0 radical (unpaired) electrons. The fourth-order valence-corrected chi connectivity index (χ4v) is 1.44. The molecule has 1 aromatic rings. The summed E-state index contributed by atoms with van der Waals surface area (Å²) < 4.78 is 5.41. The predicted molar refractivity (Wildman–Crippen MR) is 45.2 cm³/mol. The van der Waals surface area contributed by atoms with Gasteiger partial charge in [-0.05, 0) is 24.5 Å². The zero-order valence-corrected chi connectivity index (χ0v) is 6.69. The van der Waals surface area contributed by atoms with E-state index in [1.807, 2.05) is 24.3 Å². The third-order valence-electron chi connectivity index (χ3n) is 2.10. The highest BCUT2D eigenvalue weighted by Crippen LogP contribution is 2.25. The number of rotatable bonds is 1. The van der Waals surface area contributed by atoms with Crippen LogP contribution < -0.4 is 4.74 Å². The second kappa shape index (κ2) is 2.97. The highest BCUT2D eigenvalue weighted by atomic mass is 16.5. The van der Waals surface area contributed by atoms with Crippen LogP contribution in [0.4, 0.5) is 0 Å². The Balaban J connectivity index is 2.28. The molecule has 0 aromatic heterocycles. The summed E-state index contributed by atoms with van der Waals surface area (Å²) in [5.74, 6) is 0.862. The molecule has 0 unspecified atom stereocenters. The van der Waals surface area contributed by atoms with Crippen molar-refractivity contribution in [2.45, 2.75) is 18.9 Å². The third-order valence-corrected chi connectivity index (χ3v) is 2.10. The summed E-state index contributed by atoms with van der Waals surface area (Å²) >= 11 is 0. The zero-order valence-electron chi connectivity index (χ0n) is 6.69. The summed E-state index contributed by atoms with van der Waals surface area (Å²) in [5, 5.41) is 0. The topological polar surface area (TPSA) is 26.3 Å². The van der Waals surface area contributed by atoms with E-state index in [0.717, 1.165) is 24.9 Å². The number of hydrogen-bond acceptors (Lipinski definition) is 2. The lowest BCUT2D eigenvalue weighted by Gasteiger charge is -2.21. The Morgan fingerprint density at radius 2 is 2.25 bits per heavy atom. The molecule has 2 rings (SSSR count). The highest BCUT2D eigenvalue weighted by molar-refractivity contribution is 5.58. The molecule has 1 aromatic carbocycles. The second-order valence-corrected chi connectivity index (χ2v) is 2.94. The molecule has 0 spiro atoms. The second-order valence-electron chi connectivity index (χ2n) is 2.94. The van der Waals surface area contributed by atoms with E-state index >= 15 is 0 Å². The molecule has 62 valence electrons. The molecular weight excluding hydrogens is 152 g/mol. The number of aldehydes is 1. The molecule has 2 nitrogen and oxygen atoms in total. The summed E-state index contributed by atoms with van der Waals surface area (Å²) in [4.78, 5) is 10.4. The van der Waals surface area contributed by atoms with E-state index in [4.69, 9.17) is 4.74 Å². The lowest BCUT2D eigenvalue weighted by molar-refractivity contribution is -0.114. The molecule has 0 aliphatic carbocycles. The minimum absolute atomic E-state index is 0.236. The average Bonchev–Trinajstić information content (AvgIpc) is 2.17. The molecule has 0 bridgehead atoms. The van der Waals surface area contributed by atoms with Crippen LogP contribution in [0.25, 0.3) is 0 Å². The van der Waals surface area contributed by atoms with Crippen LogP contribution in [0.3, 0.4) is 0 Å². The molecule has 0 amide bonds. The number of carbonyl (C=O) groups excluding carboxylic acids is 1. The van der Waals surface area contributed by atoms with Crippen molar-refractivity contribution in [1.29, 1.82) is 0 Å². The van der Waals surface area contributed by atoms with Crippen LogP contribution in [-0.4, -0.2) is 12.4 Å². The third kappa shape index (κ3) is 1.20. The number of aryl methyl sites for hydroxylation is 1. The van der Waals surface area contributed by atoms with Gasteiger partial charge in [-0.2, -0.15) is 0 Å². The molecule has 1 heterocycles. The predicted octanol–water partition coefficient (Wildman–Crippen LogP) is 1.58. The highest BCUT2D eigenvalue weighted by Gasteiger charge is 2.17. The average molecular weight is 162 g/mol. The van der Waals surface area contributed by atoms with Crippen molar-refractivity contribution in [3.63, 3.8) is 0 Å². The fraction of sp³-hybridized carbons (Fsp3) is 0.300. The number of hydrogen-bond donors (Lipinski definition) is 0. The van der Waals surface area contributed by atoms with Gasteiger partial charge in [0.25, 0.3) is 0 Å². The van der Waals surface area contributed by atoms with Crippen molar-refractivity contribution in [3.8, 4) is 5.75 Å². The Hall–Kier alpha value is -1.31. The lowest BCUT2D eigenvalue weighted by atomic mass is 10.0. The summed E-state index contributed by atoms with van der Waals surface area (Å²) in [5.41, 5.74) is 1.20. The van der Waals surface area contributed by atoms with Gasteiger partial charge in [-0.3, -0.25) is 4.79 Å². The van der Waals surface area contributed by atoms with Gasteiger partial charge in [-0.25, -0.2) is 0 Å². The number of para-hydroxylation sites is 1. The summed E-state index contributed by atoms with van der Waals surface area (Å²) in [6.07, 6.45) is 2.38. The monoisotopic (exact) mass is 162 g/mol. The van der Waals surface area contributed by atoms with Gasteiger partial charge in [0.2, 0.25) is 0 Å². The maximum Gasteiger partial charge on any atom is 0.160 e. The van der Waals surface area contributed by atoms with Gasteiger partial charge in [-0.15, -0.1) is 0 Å². The van der Waals surface area contributed by atoms with Crippen molar-refractivity contribution < 1.29 is 9.53 Å². The number of carbonyl (C=O) groups is 1. The van der Waals surface area contributed by atoms with Gasteiger partial charge in [0, 0.05) is 0 Å². The molecule has 12 heavy (non-hydrogen) atoms. The normalized spacial score (nSPS) is 20.8. The van der Waals surface area contributed by atoms with Gasteiger partial charge in [0.1, 0.15) is 5.75 Å². The van der Waals surface area contributed by atoms with E-state index in [-0.39, 0.29) is 6.10 Å². The van der Waals surface area contributed by atoms with Crippen molar-refractivity contribution in [3.05, 3.63) is 29.8 Å². The van der Waals surface area contributed by atoms with Crippen LogP contribution in [0, 0.1) is 0 Å². The number of ether oxygens (including phenoxy) is 1. The van der Waals surface area contributed by atoms with Crippen LogP contribution in [0.15, 0.2) is 24.3 Å². The van der Waals surface area contributed by atoms with Gasteiger partial charge < -0.3 is 4.74 Å². The Morgan fingerprint density at radius 3 is 3.08 bits per heavy atom. The van der Waals surface area contributed by atoms with Crippen LogP contribution in [0.5, 0.6) is 5.75 Å². The number of benzene rings is 1. The first kappa shape index (κ1) is 7.35. The molecule has 1 aliphatic heterocycles. The van der Waals surface area contributed by atoms with Crippen molar-refractivity contribution in [1.82, 2.24) is 0 Å². The summed E-state index contributed by atoms with van der Waals surface area (Å²) in [6.45, 7) is 0. The van der Waals surface area contributed by atoms with Gasteiger partial charge in [0.15, 0.2) is 12.4 Å². The van der Waals surface area contributed by atoms with Gasteiger partial charge >= 0.3 is 0 Å². The molecule has 2 heteroatoms. The lowest BCUT2D eigenvalue weighted by Crippen LogP contribution is -2.23. The molecule has 1 atom stereocenters. The Morgan fingerprint density at radius 1 is 1.42 bits per heavy atom. The van der Waals surface area contributed by atoms with Crippen LogP contribution in [-0.2, 0) is 11.2 Å². The summed E-state index contributed by atoms with van der Waals surface area (Å²) in [7, 11) is 0. The van der Waals surface area contributed by atoms with E-state index in [1.54, 1.807) is 0 Å². The molecule has 0 fully saturated rings. The largest absolute Gasteiger partial charge is 0.483 e. The SMILES string of the molecule is O=C[C@H]1CCc2ccccc2O1. The first-order valence-corrected chi connectivity index (χ1v) is 4.10. The van der Waals surface area contributed by atoms with E-state index in [9.17, 15) is 4.79 Å². The molecule has 0 saturated heterocycles. The standard InChI is InChI=1S/C10H10O2/c11-7-9-6-5-8-3-1-2-4-10(8)12-9/h1-4,7,9H,5-6H2/t9-/m1/s1. The Labute approximate surface area is 71.2 Å². The molecule has 0 N–H and O–H groups in total. The Bertz CT molecular complexity index is 294. The minimum atomic E-state index is -0.236. The quantitative estimate of drug-likeness (QED) is 0.586. The van der Waals surface area contributed by atoms with Crippen LogP contribution in [0.2, 0.25) is 0 Å². The summed E-state index contributed by atoms with van der Waals surface area (Å²) in [6, 6.07) is 7.86. The fourth-order valence-electron chi connectivity index (χ4n) is 1.44. The maximum absolute atomic E-state index is 10.4. The van der Waals surface area contributed by atoms with Gasteiger partial charge in [-0.1, -0.05) is 18.2 Å². The molecule has 0 saturated carbocycles. The first-order chi connectivity index (χ1) is 5.90. The maximum atomic E-state index is 10.4. The van der Waals surface area contributed by atoms with E-state index in [2.05, 4.69) is 0 Å². The van der Waals surface area contributed by atoms with E-state index in [1.165, 1.54) is 5.56 Å². The number of fused-ring (bicyclic) bond motifs is 1. The van der Waals surface area contributed by atoms with E-state index in [0.29, 0.717) is 0 Å². The minimum Gasteiger partial charge on any atom is -0.483 e. The van der Waals surface area contributed by atoms with Crippen molar-refractivity contribution in [2.75, 3.05) is 0 Å². The van der Waals surface area contributed by atoms with Crippen LogP contribution in [0.1, 0.15) is 12.0 Å². The first-order valence-electron chi connectivity index (χ1n) is 4.10. The Kier molecular flexibility index (Phi) is 1.82.